The zero-order valence-electron chi connectivity index (χ0n) is 8.93. The van der Waals surface area contributed by atoms with Crippen molar-refractivity contribution in [3.8, 4) is 6.07 Å². The Morgan fingerprint density at radius 2 is 2.31 bits per heavy atom. The highest BCUT2D eigenvalue weighted by molar-refractivity contribution is 5.83. The summed E-state index contributed by atoms with van der Waals surface area (Å²) in [6.45, 7) is 0.540. The molecule has 6 nitrogen and oxygen atoms in total. The van der Waals surface area contributed by atoms with Gasteiger partial charge in [-0.2, -0.15) is 5.26 Å². The molecule has 0 saturated carbocycles. The van der Waals surface area contributed by atoms with Crippen molar-refractivity contribution in [1.82, 2.24) is 4.90 Å². The lowest BCUT2D eigenvalue weighted by atomic mass is 10.1. The van der Waals surface area contributed by atoms with Crippen molar-refractivity contribution < 1.29 is 14.7 Å². The molecule has 0 aromatic rings. The van der Waals surface area contributed by atoms with E-state index < -0.39 is 18.1 Å². The molecule has 16 heavy (non-hydrogen) atoms. The number of nitriles is 1. The molecular weight excluding hydrogens is 210 g/mol. The molecule has 0 bridgehead atoms. The highest BCUT2D eigenvalue weighted by Crippen LogP contribution is 2.17. The van der Waals surface area contributed by atoms with Crippen LogP contribution >= 0.6 is 0 Å². The van der Waals surface area contributed by atoms with Crippen molar-refractivity contribution in [3.05, 3.63) is 0 Å². The second kappa shape index (κ2) is 5.47. The topological polar surface area (TPSA) is 107 Å². The summed E-state index contributed by atoms with van der Waals surface area (Å²) < 4.78 is 0. The van der Waals surface area contributed by atoms with E-state index >= 15 is 0 Å². The first-order chi connectivity index (χ1) is 7.56. The minimum Gasteiger partial charge on any atom is -0.481 e. The average molecular weight is 225 g/mol. The Morgan fingerprint density at radius 3 is 2.88 bits per heavy atom. The Labute approximate surface area is 93.6 Å². The van der Waals surface area contributed by atoms with Gasteiger partial charge in [-0.25, -0.2) is 0 Å². The molecule has 0 unspecified atom stereocenters. The number of nitrogens with two attached hydrogens (primary N) is 1. The van der Waals surface area contributed by atoms with Crippen LogP contribution in [0.5, 0.6) is 0 Å². The fourth-order valence-electron chi connectivity index (χ4n) is 1.78. The maximum absolute atomic E-state index is 11.8. The predicted molar refractivity (Wildman–Crippen MR) is 55.2 cm³/mol. The standard InChI is InChI=1S/C10H15N3O3/c11-6-7-2-1-5-13(7)10(16)8(12)3-4-9(14)15/h7-8H,1-5,12H2,(H,14,15)/t7-,8-/m0/s1. The van der Waals surface area contributed by atoms with E-state index in [1.807, 2.05) is 6.07 Å². The molecule has 3 N–H and O–H groups in total. The average Bonchev–Trinajstić information content (AvgIpc) is 2.72. The van der Waals surface area contributed by atoms with Crippen LogP contribution in [-0.4, -0.2) is 40.5 Å². The number of carboxylic acids is 1. The van der Waals surface area contributed by atoms with Gasteiger partial charge in [-0.15, -0.1) is 0 Å². The number of likely N-dealkylation sites (tertiary alicyclic amines) is 1. The van der Waals surface area contributed by atoms with E-state index in [0.717, 1.165) is 6.42 Å². The van der Waals surface area contributed by atoms with E-state index in [-0.39, 0.29) is 18.7 Å². The zero-order chi connectivity index (χ0) is 12.1. The van der Waals surface area contributed by atoms with Crippen LogP contribution in [0.2, 0.25) is 0 Å². The highest BCUT2D eigenvalue weighted by Gasteiger charge is 2.31. The molecule has 1 heterocycles. The van der Waals surface area contributed by atoms with E-state index in [1.54, 1.807) is 0 Å². The van der Waals surface area contributed by atoms with Crippen LogP contribution < -0.4 is 5.73 Å². The molecule has 1 saturated heterocycles. The van der Waals surface area contributed by atoms with Gasteiger partial charge in [0, 0.05) is 13.0 Å². The van der Waals surface area contributed by atoms with Gasteiger partial charge in [0.15, 0.2) is 0 Å². The molecular formula is C10H15N3O3. The quantitative estimate of drug-likeness (QED) is 0.682. The van der Waals surface area contributed by atoms with Crippen molar-refractivity contribution in [1.29, 1.82) is 5.26 Å². The Bertz CT molecular complexity index is 324. The number of carbonyl (C=O) groups is 2. The van der Waals surface area contributed by atoms with Gasteiger partial charge >= 0.3 is 5.97 Å². The van der Waals surface area contributed by atoms with Crippen molar-refractivity contribution in [2.24, 2.45) is 5.73 Å². The molecule has 1 aliphatic rings. The lowest BCUT2D eigenvalue weighted by molar-refractivity contribution is -0.137. The monoisotopic (exact) mass is 225 g/mol. The Morgan fingerprint density at radius 1 is 1.62 bits per heavy atom. The maximum Gasteiger partial charge on any atom is 0.303 e. The second-order valence-corrected chi connectivity index (χ2v) is 3.86. The lowest BCUT2D eigenvalue weighted by Gasteiger charge is -2.22. The van der Waals surface area contributed by atoms with Crippen LogP contribution in [-0.2, 0) is 9.59 Å². The summed E-state index contributed by atoms with van der Waals surface area (Å²) in [5, 5.41) is 17.3. The summed E-state index contributed by atoms with van der Waals surface area (Å²) in [7, 11) is 0. The summed E-state index contributed by atoms with van der Waals surface area (Å²) in [4.78, 5) is 23.6. The minimum absolute atomic E-state index is 0.114. The molecule has 6 heteroatoms. The summed E-state index contributed by atoms with van der Waals surface area (Å²) in [6, 6.07) is 0.833. The third-order valence-corrected chi connectivity index (χ3v) is 2.67. The molecule has 0 spiro atoms. The number of carboxylic acid groups (broad SMARTS) is 1. The van der Waals surface area contributed by atoms with Crippen LogP contribution in [0.15, 0.2) is 0 Å². The predicted octanol–water partition coefficient (Wildman–Crippen LogP) is -0.307. The van der Waals surface area contributed by atoms with Gasteiger partial charge in [0.05, 0.1) is 12.1 Å². The van der Waals surface area contributed by atoms with Crippen molar-refractivity contribution in [2.75, 3.05) is 6.54 Å². The summed E-state index contributed by atoms with van der Waals surface area (Å²) in [5.74, 6) is -1.29. The van der Waals surface area contributed by atoms with E-state index in [0.29, 0.717) is 13.0 Å². The lowest BCUT2D eigenvalue weighted by Crippen LogP contribution is -2.45. The van der Waals surface area contributed by atoms with Crippen molar-refractivity contribution >= 4 is 11.9 Å². The van der Waals surface area contributed by atoms with Gasteiger partial charge in [-0.05, 0) is 19.3 Å². The van der Waals surface area contributed by atoms with Crippen molar-refractivity contribution in [3.63, 3.8) is 0 Å². The summed E-state index contributed by atoms with van der Waals surface area (Å²) in [5.41, 5.74) is 5.60. The van der Waals surface area contributed by atoms with Crippen LogP contribution in [0.1, 0.15) is 25.7 Å². The van der Waals surface area contributed by atoms with E-state index in [1.165, 1.54) is 4.90 Å². The molecule has 1 fully saturated rings. The normalized spacial score (nSPS) is 21.5. The van der Waals surface area contributed by atoms with Gasteiger partial charge in [-0.1, -0.05) is 0 Å². The number of amides is 1. The van der Waals surface area contributed by atoms with E-state index in [2.05, 4.69) is 0 Å². The molecule has 88 valence electrons. The fraction of sp³-hybridized carbons (Fsp3) is 0.700. The number of rotatable bonds is 4. The highest BCUT2D eigenvalue weighted by atomic mass is 16.4. The third-order valence-electron chi connectivity index (χ3n) is 2.67. The summed E-state index contributed by atoms with van der Waals surface area (Å²) >= 11 is 0. The number of aliphatic carboxylic acids is 1. The minimum atomic E-state index is -0.971. The molecule has 2 atom stereocenters. The van der Waals surface area contributed by atoms with Crippen LogP contribution in [0.25, 0.3) is 0 Å². The molecule has 1 rings (SSSR count). The van der Waals surface area contributed by atoms with Crippen LogP contribution in [0, 0.1) is 11.3 Å². The van der Waals surface area contributed by atoms with Gasteiger partial charge in [0.25, 0.3) is 0 Å². The molecule has 0 aromatic carbocycles. The first kappa shape index (κ1) is 12.5. The first-order valence-electron chi connectivity index (χ1n) is 5.23. The Kier molecular flexibility index (Phi) is 4.26. The van der Waals surface area contributed by atoms with Crippen LogP contribution in [0.4, 0.5) is 0 Å². The number of carbonyl (C=O) groups excluding carboxylic acids is 1. The molecule has 1 amide bonds. The maximum atomic E-state index is 11.8. The summed E-state index contributed by atoms with van der Waals surface area (Å²) in [6.07, 6.45) is 1.46. The smallest absolute Gasteiger partial charge is 0.303 e. The SMILES string of the molecule is N#C[C@@H]1CCCN1C(=O)[C@@H](N)CCC(=O)O. The number of hydrogen-bond donors (Lipinski definition) is 2. The van der Waals surface area contributed by atoms with E-state index in [4.69, 9.17) is 16.1 Å². The van der Waals surface area contributed by atoms with Crippen molar-refractivity contribution in [2.45, 2.75) is 37.8 Å². The second-order valence-electron chi connectivity index (χ2n) is 3.86. The molecule has 0 aromatic heterocycles. The molecule has 0 radical (unpaired) electrons. The van der Waals surface area contributed by atoms with Crippen LogP contribution in [0.3, 0.4) is 0 Å². The van der Waals surface area contributed by atoms with Gasteiger partial charge < -0.3 is 15.7 Å². The molecule has 0 aliphatic carbocycles. The Hall–Kier alpha value is -1.61. The van der Waals surface area contributed by atoms with Gasteiger partial charge in [0.1, 0.15) is 6.04 Å². The molecule has 1 aliphatic heterocycles. The Balaban J connectivity index is 2.50. The number of nitrogens with zero attached hydrogens (tertiary/aromatic N) is 2. The van der Waals surface area contributed by atoms with Gasteiger partial charge in [0.2, 0.25) is 5.91 Å². The fourth-order valence-corrected chi connectivity index (χ4v) is 1.78. The third kappa shape index (κ3) is 2.94. The largest absolute Gasteiger partial charge is 0.481 e. The van der Waals surface area contributed by atoms with E-state index in [9.17, 15) is 9.59 Å². The zero-order valence-corrected chi connectivity index (χ0v) is 8.93. The number of hydrogen-bond acceptors (Lipinski definition) is 4. The van der Waals surface area contributed by atoms with Gasteiger partial charge in [-0.3, -0.25) is 9.59 Å². The first-order valence-corrected chi connectivity index (χ1v) is 5.23.